The Bertz CT molecular complexity index is 925. The lowest BCUT2D eigenvalue weighted by atomic mass is 10.1. The Labute approximate surface area is 163 Å². The number of halogens is 1. The molecule has 2 aromatic carbocycles. The average Bonchev–Trinajstić information content (AvgIpc) is 3.06. The molecule has 0 aliphatic carbocycles. The zero-order valence-corrected chi connectivity index (χ0v) is 15.7. The molecule has 3 aromatic rings. The number of nitrogens with two attached hydrogens (primary N) is 1. The number of fused-ring (bicyclic) bond motifs is 1. The Hall–Kier alpha value is -2.83. The van der Waals surface area contributed by atoms with E-state index in [9.17, 15) is 9.59 Å². The number of nitrogens with one attached hydrogen (secondary N) is 2. The van der Waals surface area contributed by atoms with Crippen LogP contribution in [0.5, 0.6) is 0 Å². The van der Waals surface area contributed by atoms with Gasteiger partial charge in [0.25, 0.3) is 0 Å². The van der Waals surface area contributed by atoms with E-state index in [1.807, 2.05) is 30.3 Å². The zero-order chi connectivity index (χ0) is 18.5. The number of aromatic nitrogens is 1. The number of hydrogen-bond donors (Lipinski definition) is 3. The fraction of sp³-hybridized carbons (Fsp3) is 0.200. The molecule has 0 spiro atoms. The summed E-state index contributed by atoms with van der Waals surface area (Å²) in [6.07, 6.45) is 0.464. The highest BCUT2D eigenvalue weighted by Gasteiger charge is 2.15. The van der Waals surface area contributed by atoms with Crippen LogP contribution in [0.4, 0.5) is 5.69 Å². The summed E-state index contributed by atoms with van der Waals surface area (Å²) in [6, 6.07) is 16.1. The van der Waals surface area contributed by atoms with Crippen molar-refractivity contribution in [2.75, 3.05) is 11.9 Å². The van der Waals surface area contributed by atoms with Crippen molar-refractivity contribution in [1.82, 2.24) is 4.98 Å². The third-order valence-electron chi connectivity index (χ3n) is 4.02. The smallest absolute Gasteiger partial charge is 0.354 e. The number of anilines is 1. The summed E-state index contributed by atoms with van der Waals surface area (Å²) in [6.45, 7) is 2.07. The monoisotopic (exact) mass is 387 g/mol. The number of hydrogen-bond acceptors (Lipinski definition) is 4. The maximum Gasteiger partial charge on any atom is 0.354 e. The van der Waals surface area contributed by atoms with Crippen LogP contribution in [-0.4, -0.2) is 29.5 Å². The molecule has 142 valence electrons. The van der Waals surface area contributed by atoms with Crippen molar-refractivity contribution in [3.05, 3.63) is 65.9 Å². The summed E-state index contributed by atoms with van der Waals surface area (Å²) < 4.78 is 4.98. The van der Waals surface area contributed by atoms with Crippen LogP contribution in [0.15, 0.2) is 54.6 Å². The van der Waals surface area contributed by atoms with Crippen LogP contribution >= 0.6 is 12.4 Å². The Kier molecular flexibility index (Phi) is 6.98. The van der Waals surface area contributed by atoms with Gasteiger partial charge in [-0.25, -0.2) is 4.79 Å². The minimum absolute atomic E-state index is 0. The van der Waals surface area contributed by atoms with Gasteiger partial charge < -0.3 is 20.8 Å². The highest BCUT2D eigenvalue weighted by Crippen LogP contribution is 2.21. The molecule has 0 saturated heterocycles. The van der Waals surface area contributed by atoms with Gasteiger partial charge in [0.15, 0.2) is 0 Å². The van der Waals surface area contributed by atoms with Crippen molar-refractivity contribution in [1.29, 1.82) is 0 Å². The van der Waals surface area contributed by atoms with Crippen molar-refractivity contribution < 1.29 is 14.3 Å². The summed E-state index contributed by atoms with van der Waals surface area (Å²) in [4.78, 5) is 27.1. The van der Waals surface area contributed by atoms with E-state index >= 15 is 0 Å². The van der Waals surface area contributed by atoms with Crippen LogP contribution in [0, 0.1) is 0 Å². The molecule has 7 heteroatoms. The van der Waals surface area contributed by atoms with Crippen LogP contribution < -0.4 is 11.1 Å². The molecule has 0 saturated carbocycles. The van der Waals surface area contributed by atoms with Gasteiger partial charge in [-0.15, -0.1) is 12.4 Å². The number of H-pyrrole nitrogens is 1. The van der Waals surface area contributed by atoms with Gasteiger partial charge in [0, 0.05) is 16.6 Å². The Morgan fingerprint density at radius 2 is 1.89 bits per heavy atom. The molecule has 1 atom stereocenters. The maximum absolute atomic E-state index is 12.3. The molecule has 0 fully saturated rings. The Morgan fingerprint density at radius 1 is 1.15 bits per heavy atom. The molecule has 0 aliphatic heterocycles. The van der Waals surface area contributed by atoms with E-state index < -0.39 is 12.0 Å². The standard InChI is InChI=1S/C20H21N3O3.ClH/c1-2-26-20(25)18-12-14-11-15(8-9-17(14)23-18)22-19(24)16(21)10-13-6-4-3-5-7-13;/h3-9,11-12,16,23H,2,10,21H2,1H3,(H,22,24);1H/t16-;/m0./s1. The normalized spacial score (nSPS) is 11.5. The van der Waals surface area contributed by atoms with Crippen molar-refractivity contribution >= 4 is 40.9 Å². The molecule has 27 heavy (non-hydrogen) atoms. The van der Waals surface area contributed by atoms with Crippen molar-refractivity contribution in [2.24, 2.45) is 5.73 Å². The first-order valence-electron chi connectivity index (χ1n) is 8.47. The number of carbonyl (C=O) groups excluding carboxylic acids is 2. The lowest BCUT2D eigenvalue weighted by Gasteiger charge is -2.12. The number of carbonyl (C=O) groups is 2. The van der Waals surface area contributed by atoms with Crippen LogP contribution in [0.2, 0.25) is 0 Å². The maximum atomic E-state index is 12.3. The van der Waals surface area contributed by atoms with Gasteiger partial charge in [0.2, 0.25) is 5.91 Å². The molecule has 4 N–H and O–H groups in total. The highest BCUT2D eigenvalue weighted by atomic mass is 35.5. The van der Waals surface area contributed by atoms with Gasteiger partial charge in [0.1, 0.15) is 5.69 Å². The molecular formula is C20H22ClN3O3. The Morgan fingerprint density at radius 3 is 2.59 bits per heavy atom. The second kappa shape index (κ2) is 9.21. The molecule has 0 bridgehead atoms. The van der Waals surface area contributed by atoms with Crippen LogP contribution in [-0.2, 0) is 16.0 Å². The lowest BCUT2D eigenvalue weighted by Crippen LogP contribution is -2.37. The van der Waals surface area contributed by atoms with E-state index in [1.165, 1.54) is 0 Å². The number of esters is 1. The molecule has 0 unspecified atom stereocenters. The predicted octanol–water partition coefficient (Wildman–Crippen LogP) is 3.27. The summed E-state index contributed by atoms with van der Waals surface area (Å²) in [5.74, 6) is -0.659. The second-order valence-electron chi connectivity index (χ2n) is 5.99. The van der Waals surface area contributed by atoms with E-state index in [0.29, 0.717) is 24.4 Å². The molecule has 0 aliphatic rings. The molecule has 3 rings (SSSR count). The zero-order valence-electron chi connectivity index (χ0n) is 14.9. The second-order valence-corrected chi connectivity index (χ2v) is 5.99. The molecule has 1 amide bonds. The van der Waals surface area contributed by atoms with Crippen molar-refractivity contribution in [3.63, 3.8) is 0 Å². The number of amides is 1. The summed E-state index contributed by atoms with van der Waals surface area (Å²) in [7, 11) is 0. The fourth-order valence-corrected chi connectivity index (χ4v) is 2.72. The van der Waals surface area contributed by atoms with Crippen molar-refractivity contribution in [3.8, 4) is 0 Å². The summed E-state index contributed by atoms with van der Waals surface area (Å²) >= 11 is 0. The van der Waals surface area contributed by atoms with E-state index in [0.717, 1.165) is 16.5 Å². The number of ether oxygens (including phenoxy) is 1. The van der Waals surface area contributed by atoms with E-state index in [4.69, 9.17) is 10.5 Å². The number of rotatable bonds is 6. The van der Waals surface area contributed by atoms with E-state index in [-0.39, 0.29) is 18.3 Å². The molecule has 1 aromatic heterocycles. The predicted molar refractivity (Wildman–Crippen MR) is 108 cm³/mol. The van der Waals surface area contributed by atoms with E-state index in [2.05, 4.69) is 10.3 Å². The molecule has 0 radical (unpaired) electrons. The molecule has 6 nitrogen and oxygen atoms in total. The largest absolute Gasteiger partial charge is 0.461 e. The minimum atomic E-state index is -0.644. The first kappa shape index (κ1) is 20.5. The van der Waals surface area contributed by atoms with Crippen LogP contribution in [0.25, 0.3) is 10.9 Å². The quantitative estimate of drug-likeness (QED) is 0.565. The lowest BCUT2D eigenvalue weighted by molar-refractivity contribution is -0.117. The summed E-state index contributed by atoms with van der Waals surface area (Å²) in [5.41, 5.74) is 8.81. The minimum Gasteiger partial charge on any atom is -0.461 e. The molecular weight excluding hydrogens is 366 g/mol. The van der Waals surface area contributed by atoms with E-state index in [1.54, 1.807) is 31.2 Å². The SMILES string of the molecule is CCOC(=O)c1cc2cc(NC(=O)[C@@H](N)Cc3ccccc3)ccc2[nH]1.Cl. The van der Waals surface area contributed by atoms with Gasteiger partial charge in [0.05, 0.1) is 12.6 Å². The van der Waals surface area contributed by atoms with Gasteiger partial charge >= 0.3 is 5.97 Å². The van der Waals surface area contributed by atoms with Gasteiger partial charge in [-0.1, -0.05) is 30.3 Å². The first-order valence-corrected chi connectivity index (χ1v) is 8.47. The molecule has 1 heterocycles. The summed E-state index contributed by atoms with van der Waals surface area (Å²) in [5, 5.41) is 3.63. The number of benzene rings is 2. The Balaban J connectivity index is 0.00000261. The third kappa shape index (κ3) is 5.09. The number of aromatic amines is 1. The first-order chi connectivity index (χ1) is 12.6. The topological polar surface area (TPSA) is 97.2 Å². The van der Waals surface area contributed by atoms with Gasteiger partial charge in [-0.05, 0) is 43.2 Å². The average molecular weight is 388 g/mol. The van der Waals surface area contributed by atoms with Gasteiger partial charge in [-0.2, -0.15) is 0 Å². The van der Waals surface area contributed by atoms with Crippen LogP contribution in [0.1, 0.15) is 23.0 Å². The third-order valence-corrected chi connectivity index (χ3v) is 4.02. The van der Waals surface area contributed by atoms with Crippen molar-refractivity contribution in [2.45, 2.75) is 19.4 Å². The van der Waals surface area contributed by atoms with Gasteiger partial charge in [-0.3, -0.25) is 4.79 Å². The van der Waals surface area contributed by atoms with Crippen LogP contribution in [0.3, 0.4) is 0 Å². The fourth-order valence-electron chi connectivity index (χ4n) is 2.72. The highest BCUT2D eigenvalue weighted by molar-refractivity contribution is 5.99.